The van der Waals surface area contributed by atoms with Gasteiger partial charge in [-0.3, -0.25) is 9.88 Å². The lowest BCUT2D eigenvalue weighted by Crippen LogP contribution is -2.37. The van der Waals surface area contributed by atoms with Gasteiger partial charge in [-0.1, -0.05) is 11.6 Å². The standard InChI is InChI=1S/C27H31ClN4O6/c1-2-29-27(33)31-20-5-4-18(16-19(20)28)38-22-6-7-30-21-17-23(25-26(24(21)22)37-15-14-36-25)35-11-3-8-32-9-12-34-13-10-32/h4-7,16-17H,2-3,8-15H2,1H3,(H2,29,31,33). The van der Waals surface area contributed by atoms with Crippen molar-refractivity contribution in [3.8, 4) is 28.7 Å². The number of carbonyl (C=O) groups excluding carboxylic acids is 1. The Balaban J connectivity index is 1.35. The van der Waals surface area contributed by atoms with Crippen molar-refractivity contribution in [1.29, 1.82) is 0 Å². The Hall–Kier alpha value is -3.47. The summed E-state index contributed by atoms with van der Waals surface area (Å²) in [7, 11) is 0. The zero-order valence-electron chi connectivity index (χ0n) is 21.3. The summed E-state index contributed by atoms with van der Waals surface area (Å²) in [5, 5.41) is 6.42. The molecule has 1 fully saturated rings. The Kier molecular flexibility index (Phi) is 8.52. The van der Waals surface area contributed by atoms with Gasteiger partial charge < -0.3 is 34.3 Å². The van der Waals surface area contributed by atoms with Gasteiger partial charge in [-0.15, -0.1) is 0 Å². The number of benzene rings is 2. The average Bonchev–Trinajstić information content (AvgIpc) is 2.93. The first kappa shape index (κ1) is 26.1. The third-order valence-electron chi connectivity index (χ3n) is 6.18. The molecule has 38 heavy (non-hydrogen) atoms. The zero-order chi connectivity index (χ0) is 26.3. The number of pyridine rings is 1. The van der Waals surface area contributed by atoms with Crippen molar-refractivity contribution < 1.29 is 28.5 Å². The summed E-state index contributed by atoms with van der Waals surface area (Å²) >= 11 is 6.40. The van der Waals surface area contributed by atoms with Crippen LogP contribution in [0.2, 0.25) is 5.02 Å². The van der Waals surface area contributed by atoms with E-state index in [-0.39, 0.29) is 6.03 Å². The molecule has 0 saturated carbocycles. The van der Waals surface area contributed by atoms with Crippen molar-refractivity contribution in [3.63, 3.8) is 0 Å². The van der Waals surface area contributed by atoms with E-state index in [9.17, 15) is 4.79 Å². The highest BCUT2D eigenvalue weighted by Crippen LogP contribution is 2.48. The lowest BCUT2D eigenvalue weighted by molar-refractivity contribution is 0.0357. The number of hydrogen-bond acceptors (Lipinski definition) is 8. The SMILES string of the molecule is CCNC(=O)Nc1ccc(Oc2ccnc3cc(OCCCN4CCOCC4)c4c(c23)OCCO4)cc1Cl. The Morgan fingerprint density at radius 1 is 1.08 bits per heavy atom. The average molecular weight is 543 g/mol. The molecule has 0 radical (unpaired) electrons. The maximum Gasteiger partial charge on any atom is 0.319 e. The van der Waals surface area contributed by atoms with Crippen LogP contribution < -0.4 is 29.6 Å². The smallest absolute Gasteiger partial charge is 0.319 e. The second-order valence-corrected chi connectivity index (χ2v) is 9.22. The summed E-state index contributed by atoms with van der Waals surface area (Å²) in [6.45, 7) is 8.15. The first-order valence-corrected chi connectivity index (χ1v) is 13.2. The molecule has 3 aromatic rings. The van der Waals surface area contributed by atoms with Crippen LogP contribution in [0.3, 0.4) is 0 Å². The number of rotatable bonds is 9. The van der Waals surface area contributed by atoms with Gasteiger partial charge in [0.25, 0.3) is 0 Å². The van der Waals surface area contributed by atoms with Crippen LogP contribution in [0.15, 0.2) is 36.5 Å². The number of amides is 2. The molecule has 0 bridgehead atoms. The molecule has 2 amide bonds. The fourth-order valence-corrected chi connectivity index (χ4v) is 4.59. The van der Waals surface area contributed by atoms with Gasteiger partial charge in [0, 0.05) is 44.5 Å². The third kappa shape index (κ3) is 6.15. The van der Waals surface area contributed by atoms with Crippen LogP contribution in [0.1, 0.15) is 13.3 Å². The topological polar surface area (TPSA) is 103 Å². The summed E-state index contributed by atoms with van der Waals surface area (Å²) in [5.41, 5.74) is 1.14. The van der Waals surface area contributed by atoms with Gasteiger partial charge in [-0.05, 0) is 31.5 Å². The van der Waals surface area contributed by atoms with Crippen LogP contribution in [-0.2, 0) is 4.74 Å². The Bertz CT molecular complexity index is 1280. The highest BCUT2D eigenvalue weighted by molar-refractivity contribution is 6.33. The maximum atomic E-state index is 11.8. The molecule has 2 aromatic carbocycles. The molecule has 10 nitrogen and oxygen atoms in total. The molecule has 5 rings (SSSR count). The summed E-state index contributed by atoms with van der Waals surface area (Å²) in [6.07, 6.45) is 2.55. The molecule has 3 heterocycles. The molecular weight excluding hydrogens is 512 g/mol. The van der Waals surface area contributed by atoms with E-state index >= 15 is 0 Å². The number of aromatic nitrogens is 1. The molecular formula is C27H31ClN4O6. The van der Waals surface area contributed by atoms with Crippen LogP contribution >= 0.6 is 11.6 Å². The van der Waals surface area contributed by atoms with Crippen LogP contribution in [0, 0.1) is 0 Å². The number of nitrogens with zero attached hydrogens (tertiary/aromatic N) is 2. The number of fused-ring (bicyclic) bond motifs is 3. The fraction of sp³-hybridized carbons (Fsp3) is 0.407. The van der Waals surface area contributed by atoms with Gasteiger partial charge in [0.1, 0.15) is 24.7 Å². The van der Waals surface area contributed by atoms with Gasteiger partial charge in [0.15, 0.2) is 11.5 Å². The molecule has 202 valence electrons. The Labute approximate surface area is 226 Å². The molecule has 1 saturated heterocycles. The summed E-state index contributed by atoms with van der Waals surface area (Å²) in [6, 6.07) is 8.36. The number of halogens is 1. The fourth-order valence-electron chi connectivity index (χ4n) is 4.38. The van der Waals surface area contributed by atoms with Crippen molar-refractivity contribution in [2.45, 2.75) is 13.3 Å². The van der Waals surface area contributed by atoms with Crippen molar-refractivity contribution in [1.82, 2.24) is 15.2 Å². The van der Waals surface area contributed by atoms with E-state index in [1.807, 2.05) is 13.0 Å². The van der Waals surface area contributed by atoms with E-state index in [0.717, 1.165) is 39.3 Å². The van der Waals surface area contributed by atoms with E-state index in [2.05, 4.69) is 20.5 Å². The number of ether oxygens (including phenoxy) is 5. The number of morpholine rings is 1. The maximum absolute atomic E-state index is 11.8. The van der Waals surface area contributed by atoms with E-state index < -0.39 is 0 Å². The molecule has 11 heteroatoms. The predicted octanol–water partition coefficient (Wildman–Crippen LogP) is 4.69. The second kappa shape index (κ2) is 12.4. The molecule has 0 spiro atoms. The first-order chi connectivity index (χ1) is 18.6. The van der Waals surface area contributed by atoms with Crippen molar-refractivity contribution in [3.05, 3.63) is 41.6 Å². The van der Waals surface area contributed by atoms with Crippen LogP contribution in [0.25, 0.3) is 10.9 Å². The summed E-state index contributed by atoms with van der Waals surface area (Å²) in [5.74, 6) is 2.73. The quantitative estimate of drug-likeness (QED) is 0.375. The highest BCUT2D eigenvalue weighted by Gasteiger charge is 2.25. The number of carbonyl (C=O) groups is 1. The lowest BCUT2D eigenvalue weighted by atomic mass is 10.1. The second-order valence-electron chi connectivity index (χ2n) is 8.82. The summed E-state index contributed by atoms with van der Waals surface area (Å²) in [4.78, 5) is 18.8. The molecule has 1 aromatic heterocycles. The number of nitrogens with one attached hydrogen (secondary N) is 2. The number of hydrogen-bond donors (Lipinski definition) is 2. The van der Waals surface area contributed by atoms with E-state index in [4.69, 9.17) is 35.3 Å². The minimum absolute atomic E-state index is 0.328. The van der Waals surface area contributed by atoms with Crippen molar-refractivity contribution in [2.75, 3.05) is 64.5 Å². The van der Waals surface area contributed by atoms with E-state index in [0.29, 0.717) is 76.7 Å². The van der Waals surface area contributed by atoms with Gasteiger partial charge in [-0.2, -0.15) is 0 Å². The Morgan fingerprint density at radius 2 is 1.89 bits per heavy atom. The molecule has 2 N–H and O–H groups in total. The van der Waals surface area contributed by atoms with Gasteiger partial charge in [0.2, 0.25) is 5.75 Å². The van der Waals surface area contributed by atoms with E-state index in [1.54, 1.807) is 30.5 Å². The van der Waals surface area contributed by atoms with E-state index in [1.165, 1.54) is 0 Å². The van der Waals surface area contributed by atoms with Crippen LogP contribution in [-0.4, -0.2) is 75.1 Å². The monoisotopic (exact) mass is 542 g/mol. The third-order valence-corrected chi connectivity index (χ3v) is 6.49. The lowest BCUT2D eigenvalue weighted by Gasteiger charge is -2.26. The highest BCUT2D eigenvalue weighted by atomic mass is 35.5. The largest absolute Gasteiger partial charge is 0.489 e. The molecule has 0 atom stereocenters. The minimum Gasteiger partial charge on any atom is -0.489 e. The molecule has 2 aliphatic heterocycles. The molecule has 2 aliphatic rings. The van der Waals surface area contributed by atoms with Crippen LogP contribution in [0.5, 0.6) is 28.7 Å². The number of urea groups is 1. The zero-order valence-corrected chi connectivity index (χ0v) is 22.0. The first-order valence-electron chi connectivity index (χ1n) is 12.8. The summed E-state index contributed by atoms with van der Waals surface area (Å²) < 4.78 is 29.8. The normalized spacial score (nSPS) is 15.2. The number of anilines is 1. The minimum atomic E-state index is -0.328. The molecule has 0 aliphatic carbocycles. The van der Waals surface area contributed by atoms with Crippen molar-refractivity contribution in [2.24, 2.45) is 0 Å². The Morgan fingerprint density at radius 3 is 2.68 bits per heavy atom. The van der Waals surface area contributed by atoms with Gasteiger partial charge in [-0.25, -0.2) is 4.79 Å². The van der Waals surface area contributed by atoms with Crippen LogP contribution in [0.4, 0.5) is 10.5 Å². The predicted molar refractivity (Wildman–Crippen MR) is 144 cm³/mol. The molecule has 0 unspecified atom stereocenters. The van der Waals surface area contributed by atoms with Crippen molar-refractivity contribution >= 4 is 34.2 Å². The van der Waals surface area contributed by atoms with Gasteiger partial charge >= 0.3 is 6.03 Å². The van der Waals surface area contributed by atoms with Gasteiger partial charge in [0.05, 0.1) is 41.4 Å².